The number of carbonyl (C=O) groups is 1. The van der Waals surface area contributed by atoms with E-state index in [-0.39, 0.29) is 11.6 Å². The molecule has 31 heavy (non-hydrogen) atoms. The Morgan fingerprint density at radius 1 is 1.13 bits per heavy atom. The lowest BCUT2D eigenvalue weighted by Crippen LogP contribution is -3.15. The molecule has 0 saturated carbocycles. The van der Waals surface area contributed by atoms with Crippen LogP contribution in [-0.2, 0) is 17.8 Å². The van der Waals surface area contributed by atoms with E-state index in [0.717, 1.165) is 56.0 Å². The summed E-state index contributed by atoms with van der Waals surface area (Å²) in [5.74, 6) is 2.06. The second kappa shape index (κ2) is 8.97. The SMILES string of the molecule is COc1cc2c(cc1OC)-c1cc(NCC[NH+]3CCN(C(C)=O)CC3)nc(=O)n1CC2. The van der Waals surface area contributed by atoms with Gasteiger partial charge in [-0.3, -0.25) is 9.36 Å². The summed E-state index contributed by atoms with van der Waals surface area (Å²) < 4.78 is 12.6. The molecule has 2 aromatic rings. The minimum absolute atomic E-state index is 0.144. The summed E-state index contributed by atoms with van der Waals surface area (Å²) in [6, 6.07) is 5.86. The first-order chi connectivity index (χ1) is 15.0. The Labute approximate surface area is 181 Å². The van der Waals surface area contributed by atoms with Crippen molar-refractivity contribution in [3.05, 3.63) is 34.2 Å². The van der Waals surface area contributed by atoms with Gasteiger partial charge in [-0.25, -0.2) is 4.79 Å². The van der Waals surface area contributed by atoms with Crippen molar-refractivity contribution < 1.29 is 19.2 Å². The molecule has 2 aliphatic heterocycles. The van der Waals surface area contributed by atoms with Crippen molar-refractivity contribution in [1.29, 1.82) is 0 Å². The molecule has 1 fully saturated rings. The van der Waals surface area contributed by atoms with E-state index in [1.54, 1.807) is 25.7 Å². The molecule has 1 aromatic heterocycles. The first-order valence-corrected chi connectivity index (χ1v) is 10.7. The fraction of sp³-hybridized carbons (Fsp3) is 0.500. The van der Waals surface area contributed by atoms with Crippen molar-refractivity contribution in [1.82, 2.24) is 14.5 Å². The largest absolute Gasteiger partial charge is 0.493 e. The molecule has 0 radical (unpaired) electrons. The average molecular weight is 429 g/mol. The molecule has 0 aliphatic carbocycles. The van der Waals surface area contributed by atoms with E-state index in [1.165, 1.54) is 4.90 Å². The number of rotatable bonds is 6. The number of aryl methyl sites for hydroxylation is 1. The molecule has 9 nitrogen and oxygen atoms in total. The maximum absolute atomic E-state index is 12.7. The summed E-state index contributed by atoms with van der Waals surface area (Å²) in [4.78, 5) is 31.7. The Bertz CT molecular complexity index is 1030. The van der Waals surface area contributed by atoms with Crippen LogP contribution in [0.3, 0.4) is 0 Å². The average Bonchev–Trinajstić information content (AvgIpc) is 2.78. The summed E-state index contributed by atoms with van der Waals surface area (Å²) in [7, 11) is 3.23. The number of nitrogens with one attached hydrogen (secondary N) is 2. The quantitative estimate of drug-likeness (QED) is 0.653. The van der Waals surface area contributed by atoms with Gasteiger partial charge in [0, 0.05) is 25.1 Å². The molecular formula is C22H30N5O4+. The van der Waals surface area contributed by atoms with Crippen LogP contribution < -0.4 is 25.4 Å². The third-order valence-corrected chi connectivity index (χ3v) is 6.20. The first kappa shape index (κ1) is 21.2. The van der Waals surface area contributed by atoms with Gasteiger partial charge in [0.25, 0.3) is 0 Å². The minimum Gasteiger partial charge on any atom is -0.493 e. The van der Waals surface area contributed by atoms with E-state index in [4.69, 9.17) is 9.47 Å². The van der Waals surface area contributed by atoms with Crippen LogP contribution >= 0.6 is 0 Å². The predicted octanol–water partition coefficient (Wildman–Crippen LogP) is -0.357. The number of aromatic nitrogens is 2. The van der Waals surface area contributed by atoms with Crippen LogP contribution in [0.25, 0.3) is 11.3 Å². The highest BCUT2D eigenvalue weighted by Crippen LogP contribution is 2.38. The number of methoxy groups -OCH3 is 2. The Balaban J connectivity index is 1.48. The number of nitrogens with zero attached hydrogens (tertiary/aromatic N) is 3. The molecule has 3 heterocycles. The fourth-order valence-electron chi connectivity index (χ4n) is 4.39. The van der Waals surface area contributed by atoms with Crippen LogP contribution in [0.2, 0.25) is 0 Å². The summed E-state index contributed by atoms with van der Waals surface area (Å²) in [6.07, 6.45) is 0.743. The minimum atomic E-state index is -0.247. The third-order valence-electron chi connectivity index (χ3n) is 6.20. The second-order valence-corrected chi connectivity index (χ2v) is 8.01. The number of carbonyl (C=O) groups excluding carboxylic acids is 1. The molecule has 0 atom stereocenters. The van der Waals surface area contributed by atoms with E-state index in [0.29, 0.717) is 30.4 Å². The summed E-state index contributed by atoms with van der Waals surface area (Å²) >= 11 is 0. The fourth-order valence-corrected chi connectivity index (χ4v) is 4.39. The van der Waals surface area contributed by atoms with Gasteiger partial charge in [-0.1, -0.05) is 0 Å². The molecule has 9 heteroatoms. The summed E-state index contributed by atoms with van der Waals surface area (Å²) in [6.45, 7) is 7.31. The number of hydrogen-bond donors (Lipinski definition) is 2. The number of anilines is 1. The van der Waals surface area contributed by atoms with Crippen molar-refractivity contribution in [2.75, 3.05) is 58.8 Å². The standard InChI is InChI=1S/C22H29N5O4/c1-15(28)26-10-8-25(9-11-26)7-5-23-21-14-18-17-13-20(31-3)19(30-2)12-16(17)4-6-27(18)22(29)24-21/h12-14H,4-11H2,1-3H3,(H,23,24,29)/p+1. The lowest BCUT2D eigenvalue weighted by molar-refractivity contribution is -0.902. The molecular weight excluding hydrogens is 398 g/mol. The number of fused-ring (bicyclic) bond motifs is 3. The topological polar surface area (TPSA) is 90.1 Å². The molecule has 2 N–H and O–H groups in total. The van der Waals surface area contributed by atoms with Crippen molar-refractivity contribution >= 4 is 11.7 Å². The molecule has 0 bridgehead atoms. The van der Waals surface area contributed by atoms with Crippen molar-refractivity contribution in [2.24, 2.45) is 0 Å². The lowest BCUT2D eigenvalue weighted by atomic mass is 9.97. The van der Waals surface area contributed by atoms with Gasteiger partial charge < -0.3 is 24.6 Å². The Hall–Kier alpha value is -3.07. The van der Waals surface area contributed by atoms with E-state index >= 15 is 0 Å². The highest BCUT2D eigenvalue weighted by Gasteiger charge is 2.23. The Morgan fingerprint density at radius 3 is 2.52 bits per heavy atom. The van der Waals surface area contributed by atoms with E-state index < -0.39 is 0 Å². The summed E-state index contributed by atoms with van der Waals surface area (Å²) in [5, 5.41) is 3.32. The van der Waals surface area contributed by atoms with Gasteiger partial charge in [0.05, 0.1) is 59.2 Å². The highest BCUT2D eigenvalue weighted by molar-refractivity contribution is 5.73. The lowest BCUT2D eigenvalue weighted by Gasteiger charge is -2.31. The van der Waals surface area contributed by atoms with Crippen molar-refractivity contribution in [3.8, 4) is 22.8 Å². The summed E-state index contributed by atoms with van der Waals surface area (Å²) in [5.41, 5.74) is 2.69. The van der Waals surface area contributed by atoms with Crippen LogP contribution in [0.15, 0.2) is 23.0 Å². The van der Waals surface area contributed by atoms with Crippen LogP contribution in [0.1, 0.15) is 12.5 Å². The maximum atomic E-state index is 12.7. The zero-order valence-electron chi connectivity index (χ0n) is 18.4. The highest BCUT2D eigenvalue weighted by atomic mass is 16.5. The normalized spacial score (nSPS) is 15.8. The second-order valence-electron chi connectivity index (χ2n) is 8.01. The smallest absolute Gasteiger partial charge is 0.349 e. The van der Waals surface area contributed by atoms with Crippen LogP contribution in [0, 0.1) is 0 Å². The van der Waals surface area contributed by atoms with E-state index in [1.807, 2.05) is 23.1 Å². The zero-order valence-corrected chi connectivity index (χ0v) is 18.4. The number of ether oxygens (including phenoxy) is 2. The van der Waals surface area contributed by atoms with Crippen molar-refractivity contribution in [3.63, 3.8) is 0 Å². The van der Waals surface area contributed by atoms with Gasteiger partial charge >= 0.3 is 5.69 Å². The van der Waals surface area contributed by atoms with Gasteiger partial charge in [0.15, 0.2) is 11.5 Å². The van der Waals surface area contributed by atoms with Crippen LogP contribution in [0.4, 0.5) is 5.82 Å². The van der Waals surface area contributed by atoms with E-state index in [9.17, 15) is 9.59 Å². The third kappa shape index (κ3) is 4.36. The molecule has 4 rings (SSSR count). The number of piperazine rings is 1. The number of amides is 1. The van der Waals surface area contributed by atoms with Crippen LogP contribution in [0.5, 0.6) is 11.5 Å². The van der Waals surface area contributed by atoms with Gasteiger partial charge in [-0.05, 0) is 24.1 Å². The Morgan fingerprint density at radius 2 is 1.84 bits per heavy atom. The molecule has 2 aliphatic rings. The van der Waals surface area contributed by atoms with Crippen LogP contribution in [-0.4, -0.2) is 73.8 Å². The number of hydrogen-bond acceptors (Lipinski definition) is 6. The molecule has 0 unspecified atom stereocenters. The molecule has 0 spiro atoms. The van der Waals surface area contributed by atoms with Gasteiger partial charge in [0.2, 0.25) is 5.91 Å². The van der Waals surface area contributed by atoms with Gasteiger partial charge in [-0.15, -0.1) is 0 Å². The molecule has 1 saturated heterocycles. The molecule has 1 amide bonds. The van der Waals surface area contributed by atoms with E-state index in [2.05, 4.69) is 10.3 Å². The predicted molar refractivity (Wildman–Crippen MR) is 117 cm³/mol. The molecule has 166 valence electrons. The number of benzene rings is 1. The maximum Gasteiger partial charge on any atom is 0.349 e. The first-order valence-electron chi connectivity index (χ1n) is 10.7. The monoisotopic (exact) mass is 428 g/mol. The zero-order chi connectivity index (χ0) is 22.0. The Kier molecular flexibility index (Phi) is 6.13. The number of quaternary nitrogens is 1. The van der Waals surface area contributed by atoms with Gasteiger partial charge in [0.1, 0.15) is 5.82 Å². The van der Waals surface area contributed by atoms with Crippen molar-refractivity contribution in [2.45, 2.75) is 19.9 Å². The van der Waals surface area contributed by atoms with Gasteiger partial charge in [-0.2, -0.15) is 4.98 Å². The molecule has 1 aromatic carbocycles.